The third-order valence-electron chi connectivity index (χ3n) is 4.48. The zero-order valence-corrected chi connectivity index (χ0v) is 13.8. The summed E-state index contributed by atoms with van der Waals surface area (Å²) in [5.41, 5.74) is -0.723. The van der Waals surface area contributed by atoms with Crippen LogP contribution in [0.1, 0.15) is 36.8 Å². The van der Waals surface area contributed by atoms with Crippen LogP contribution in [0.2, 0.25) is 0 Å². The summed E-state index contributed by atoms with van der Waals surface area (Å²) in [5, 5.41) is 11.7. The lowest BCUT2D eigenvalue weighted by atomic mass is 9.86. The summed E-state index contributed by atoms with van der Waals surface area (Å²) >= 11 is 0. The quantitative estimate of drug-likeness (QED) is 0.866. The molecule has 8 heteroatoms. The van der Waals surface area contributed by atoms with Gasteiger partial charge in [-0.05, 0) is 37.3 Å². The van der Waals surface area contributed by atoms with Crippen LogP contribution in [0.4, 0.5) is 18.0 Å². The molecule has 1 aromatic rings. The van der Waals surface area contributed by atoms with Gasteiger partial charge in [0.15, 0.2) is 0 Å². The molecule has 0 heterocycles. The fourth-order valence-corrected chi connectivity index (χ4v) is 3.03. The summed E-state index contributed by atoms with van der Waals surface area (Å²) in [6.45, 7) is -0.161. The lowest BCUT2D eigenvalue weighted by Gasteiger charge is -2.29. The summed E-state index contributed by atoms with van der Waals surface area (Å²) in [7, 11) is 1.44. The van der Waals surface area contributed by atoms with Gasteiger partial charge in [0.1, 0.15) is 0 Å². The molecule has 0 aromatic heterocycles. The van der Waals surface area contributed by atoms with E-state index in [0.29, 0.717) is 25.7 Å². The number of nitrogens with zero attached hydrogens (tertiary/aromatic N) is 1. The van der Waals surface area contributed by atoms with Crippen molar-refractivity contribution in [3.05, 3.63) is 35.4 Å². The van der Waals surface area contributed by atoms with Gasteiger partial charge in [-0.3, -0.25) is 4.79 Å². The average molecular weight is 358 g/mol. The molecule has 0 spiro atoms. The number of urea groups is 1. The van der Waals surface area contributed by atoms with Crippen LogP contribution in [-0.4, -0.2) is 35.1 Å². The summed E-state index contributed by atoms with van der Waals surface area (Å²) in [6, 6.07) is 4.55. The number of aliphatic carboxylic acids is 1. The Balaban J connectivity index is 1.93. The van der Waals surface area contributed by atoms with E-state index >= 15 is 0 Å². The number of hydrogen-bond donors (Lipinski definition) is 2. The van der Waals surface area contributed by atoms with Crippen LogP contribution in [0.5, 0.6) is 0 Å². The van der Waals surface area contributed by atoms with Crippen LogP contribution >= 0.6 is 0 Å². The highest BCUT2D eigenvalue weighted by Gasteiger charge is 2.33. The Bertz CT molecular complexity index is 626. The zero-order valence-electron chi connectivity index (χ0n) is 13.8. The maximum atomic E-state index is 13.0. The first-order chi connectivity index (χ1) is 11.7. The van der Waals surface area contributed by atoms with Gasteiger partial charge in [0, 0.05) is 19.6 Å². The SMILES string of the molecule is CN(Cc1ccccc1C(F)(F)F)C(=O)NC1CCC(C(=O)O)CC1. The standard InChI is InChI=1S/C17H21F3N2O3/c1-22(10-12-4-2-3-5-14(12)17(18,19)20)16(25)21-13-8-6-11(7-9-13)15(23)24/h2-5,11,13H,6-10H2,1H3,(H,21,25)(H,23,24). The normalized spacial score (nSPS) is 20.8. The smallest absolute Gasteiger partial charge is 0.416 e. The van der Waals surface area contributed by atoms with Crippen molar-refractivity contribution in [1.29, 1.82) is 0 Å². The second-order valence-corrected chi connectivity index (χ2v) is 6.35. The molecule has 25 heavy (non-hydrogen) atoms. The number of amides is 2. The van der Waals surface area contributed by atoms with Crippen molar-refractivity contribution in [2.75, 3.05) is 7.05 Å². The van der Waals surface area contributed by atoms with Gasteiger partial charge < -0.3 is 15.3 Å². The molecular weight excluding hydrogens is 337 g/mol. The largest absolute Gasteiger partial charge is 0.481 e. The molecule has 0 bridgehead atoms. The van der Waals surface area contributed by atoms with E-state index in [2.05, 4.69) is 5.32 Å². The van der Waals surface area contributed by atoms with Gasteiger partial charge in [-0.1, -0.05) is 18.2 Å². The van der Waals surface area contributed by atoms with Crippen molar-refractivity contribution < 1.29 is 27.9 Å². The van der Waals surface area contributed by atoms with Crippen LogP contribution in [0.25, 0.3) is 0 Å². The summed E-state index contributed by atoms with van der Waals surface area (Å²) in [6.07, 6.45) is -2.39. The average Bonchev–Trinajstić information content (AvgIpc) is 2.54. The van der Waals surface area contributed by atoms with Gasteiger partial charge in [0.05, 0.1) is 11.5 Å². The fraction of sp³-hybridized carbons (Fsp3) is 0.529. The van der Waals surface area contributed by atoms with Crippen LogP contribution < -0.4 is 5.32 Å². The van der Waals surface area contributed by atoms with Crippen LogP contribution in [-0.2, 0) is 17.5 Å². The van der Waals surface area contributed by atoms with Gasteiger partial charge >= 0.3 is 18.2 Å². The molecule has 138 valence electrons. The second kappa shape index (κ2) is 7.76. The van der Waals surface area contributed by atoms with E-state index in [-0.39, 0.29) is 24.1 Å². The van der Waals surface area contributed by atoms with Gasteiger partial charge in [0.2, 0.25) is 0 Å². The Labute approximate surface area is 143 Å². The monoisotopic (exact) mass is 358 g/mol. The molecule has 0 radical (unpaired) electrons. The zero-order chi connectivity index (χ0) is 18.6. The number of carbonyl (C=O) groups excluding carboxylic acids is 1. The Kier molecular flexibility index (Phi) is 5.92. The molecule has 2 rings (SSSR count). The number of benzene rings is 1. The van der Waals surface area contributed by atoms with E-state index < -0.39 is 23.7 Å². The highest BCUT2D eigenvalue weighted by Crippen LogP contribution is 2.32. The van der Waals surface area contributed by atoms with E-state index in [9.17, 15) is 22.8 Å². The molecule has 0 aliphatic heterocycles. The van der Waals surface area contributed by atoms with Crippen LogP contribution in [0.15, 0.2) is 24.3 Å². The van der Waals surface area contributed by atoms with Gasteiger partial charge in [-0.2, -0.15) is 13.2 Å². The minimum atomic E-state index is -4.47. The first-order valence-electron chi connectivity index (χ1n) is 8.08. The van der Waals surface area contributed by atoms with Crippen molar-refractivity contribution in [2.45, 2.75) is 44.4 Å². The predicted octanol–water partition coefficient (Wildman–Crippen LogP) is 3.49. The topological polar surface area (TPSA) is 69.6 Å². The third kappa shape index (κ3) is 5.11. The lowest BCUT2D eigenvalue weighted by Crippen LogP contribution is -2.44. The number of carboxylic acids is 1. The number of hydrogen-bond acceptors (Lipinski definition) is 2. The van der Waals surface area contributed by atoms with Crippen molar-refractivity contribution in [3.8, 4) is 0 Å². The van der Waals surface area contributed by atoms with E-state index in [1.54, 1.807) is 0 Å². The number of halogens is 3. The van der Waals surface area contributed by atoms with E-state index in [4.69, 9.17) is 5.11 Å². The number of carboxylic acid groups (broad SMARTS) is 1. The van der Waals surface area contributed by atoms with E-state index in [1.165, 1.54) is 30.1 Å². The van der Waals surface area contributed by atoms with Crippen LogP contribution in [0.3, 0.4) is 0 Å². The van der Waals surface area contributed by atoms with Crippen molar-refractivity contribution in [1.82, 2.24) is 10.2 Å². The Morgan fingerprint density at radius 2 is 1.80 bits per heavy atom. The molecule has 1 aliphatic carbocycles. The second-order valence-electron chi connectivity index (χ2n) is 6.35. The van der Waals surface area contributed by atoms with Gasteiger partial charge in [-0.15, -0.1) is 0 Å². The first kappa shape index (κ1) is 19.1. The molecule has 1 saturated carbocycles. The Hall–Kier alpha value is -2.25. The molecule has 2 N–H and O–H groups in total. The van der Waals surface area contributed by atoms with E-state index in [0.717, 1.165) is 6.07 Å². The highest BCUT2D eigenvalue weighted by atomic mass is 19.4. The maximum Gasteiger partial charge on any atom is 0.416 e. The van der Waals surface area contributed by atoms with Crippen molar-refractivity contribution in [2.24, 2.45) is 5.92 Å². The first-order valence-corrected chi connectivity index (χ1v) is 8.08. The minimum absolute atomic E-state index is 0.0298. The molecule has 5 nitrogen and oxygen atoms in total. The van der Waals surface area contributed by atoms with Crippen molar-refractivity contribution in [3.63, 3.8) is 0 Å². The molecule has 1 aromatic carbocycles. The third-order valence-corrected chi connectivity index (χ3v) is 4.48. The van der Waals surface area contributed by atoms with Crippen LogP contribution in [0, 0.1) is 5.92 Å². The summed E-state index contributed by atoms with van der Waals surface area (Å²) in [5.74, 6) is -1.21. The number of carbonyl (C=O) groups is 2. The maximum absolute atomic E-state index is 13.0. The lowest BCUT2D eigenvalue weighted by molar-refractivity contribution is -0.143. The minimum Gasteiger partial charge on any atom is -0.481 e. The van der Waals surface area contributed by atoms with E-state index in [1.807, 2.05) is 0 Å². The molecule has 0 atom stereocenters. The molecular formula is C17H21F3N2O3. The number of alkyl halides is 3. The van der Waals surface area contributed by atoms with Gasteiger partial charge in [-0.25, -0.2) is 4.79 Å². The molecule has 2 amide bonds. The Morgan fingerprint density at radius 1 is 1.20 bits per heavy atom. The fourth-order valence-electron chi connectivity index (χ4n) is 3.03. The highest BCUT2D eigenvalue weighted by molar-refractivity contribution is 5.74. The number of rotatable bonds is 4. The number of nitrogens with one attached hydrogen (secondary N) is 1. The van der Waals surface area contributed by atoms with Crippen molar-refractivity contribution >= 4 is 12.0 Å². The molecule has 0 unspecified atom stereocenters. The predicted molar refractivity (Wildman–Crippen MR) is 84.8 cm³/mol. The molecule has 1 aliphatic rings. The Morgan fingerprint density at radius 3 is 2.36 bits per heavy atom. The summed E-state index contributed by atoms with van der Waals surface area (Å²) in [4.78, 5) is 24.3. The van der Waals surface area contributed by atoms with Gasteiger partial charge in [0.25, 0.3) is 0 Å². The molecule has 0 saturated heterocycles. The summed E-state index contributed by atoms with van der Waals surface area (Å²) < 4.78 is 39.0. The molecule has 1 fully saturated rings.